The van der Waals surface area contributed by atoms with Crippen LogP contribution in [0, 0.1) is 0 Å². The highest BCUT2D eigenvalue weighted by atomic mass is 16.5. The molecule has 0 radical (unpaired) electrons. The van der Waals surface area contributed by atoms with Crippen molar-refractivity contribution in [2.45, 2.75) is 25.7 Å². The van der Waals surface area contributed by atoms with Crippen LogP contribution in [0.5, 0.6) is 5.75 Å². The lowest BCUT2D eigenvalue weighted by Gasteiger charge is -2.23. The molecular weight excluding hydrogens is 268 g/mol. The Hall–Kier alpha value is -1.75. The molecule has 0 aliphatic carbocycles. The average Bonchev–Trinajstić information content (AvgIpc) is 2.53. The van der Waals surface area contributed by atoms with Crippen molar-refractivity contribution in [3.63, 3.8) is 0 Å². The lowest BCUT2D eigenvalue weighted by atomic mass is 10.1. The molecule has 1 aliphatic heterocycles. The number of carbonyl (C=O) groups excluding carboxylic acids is 1. The van der Waals surface area contributed by atoms with E-state index < -0.39 is 6.09 Å². The number of piperidine rings is 1. The molecule has 2 rings (SSSR count). The van der Waals surface area contributed by atoms with Crippen molar-refractivity contribution in [2.75, 3.05) is 38.7 Å². The summed E-state index contributed by atoms with van der Waals surface area (Å²) in [6.07, 6.45) is 4.55. The summed E-state index contributed by atoms with van der Waals surface area (Å²) < 4.78 is 10.3. The maximum absolute atomic E-state index is 11.6. The van der Waals surface area contributed by atoms with Gasteiger partial charge >= 0.3 is 6.09 Å². The number of benzene rings is 1. The molecule has 1 aromatic carbocycles. The van der Waals surface area contributed by atoms with Crippen LogP contribution < -0.4 is 15.0 Å². The molecule has 1 aromatic rings. The van der Waals surface area contributed by atoms with Gasteiger partial charge in [-0.25, -0.2) is 4.79 Å². The van der Waals surface area contributed by atoms with Crippen LogP contribution >= 0.6 is 0 Å². The van der Waals surface area contributed by atoms with E-state index in [1.54, 1.807) is 36.3 Å². The van der Waals surface area contributed by atoms with Crippen LogP contribution in [0.15, 0.2) is 24.3 Å². The monoisotopic (exact) mass is 293 g/mol. The Labute approximate surface area is 126 Å². The SMILES string of the molecule is COc1ccc(NC(=O)OCCC[NH+]2CCCCC2)cc1. The molecular formula is C16H25N2O3+. The fraction of sp³-hybridized carbons (Fsp3) is 0.562. The number of ether oxygens (including phenoxy) is 2. The number of rotatable bonds is 6. The number of anilines is 1. The van der Waals surface area contributed by atoms with Crippen molar-refractivity contribution < 1.29 is 19.2 Å². The lowest BCUT2D eigenvalue weighted by Crippen LogP contribution is -3.12. The molecule has 1 heterocycles. The van der Waals surface area contributed by atoms with E-state index >= 15 is 0 Å². The molecule has 1 amide bonds. The van der Waals surface area contributed by atoms with Gasteiger partial charge in [-0.2, -0.15) is 0 Å². The first-order chi connectivity index (χ1) is 10.3. The third-order valence-electron chi connectivity index (χ3n) is 3.80. The molecule has 0 saturated carbocycles. The summed E-state index contributed by atoms with van der Waals surface area (Å²) >= 11 is 0. The average molecular weight is 293 g/mol. The van der Waals surface area contributed by atoms with Gasteiger partial charge in [0.05, 0.1) is 33.4 Å². The second-order valence-electron chi connectivity index (χ2n) is 5.40. The summed E-state index contributed by atoms with van der Waals surface area (Å²) in [5, 5.41) is 2.71. The Morgan fingerprint density at radius 2 is 1.90 bits per heavy atom. The van der Waals surface area contributed by atoms with Crippen LogP contribution in [0.1, 0.15) is 25.7 Å². The maximum atomic E-state index is 11.6. The number of carbonyl (C=O) groups is 1. The minimum atomic E-state index is -0.395. The summed E-state index contributed by atoms with van der Waals surface area (Å²) in [4.78, 5) is 13.3. The standard InChI is InChI=1S/C16H24N2O3/c1-20-15-8-6-14(7-9-15)17-16(19)21-13-5-12-18-10-3-2-4-11-18/h6-9H,2-5,10-13H2,1H3,(H,17,19)/p+1. The Morgan fingerprint density at radius 3 is 2.57 bits per heavy atom. The van der Waals surface area contributed by atoms with Crippen LogP contribution in [0.4, 0.5) is 10.5 Å². The first kappa shape index (κ1) is 15.6. The highest BCUT2D eigenvalue weighted by molar-refractivity contribution is 5.84. The maximum Gasteiger partial charge on any atom is 0.411 e. The van der Waals surface area contributed by atoms with Crippen LogP contribution in [0.2, 0.25) is 0 Å². The highest BCUT2D eigenvalue weighted by Gasteiger charge is 2.13. The van der Waals surface area contributed by atoms with Gasteiger partial charge in [-0.15, -0.1) is 0 Å². The molecule has 21 heavy (non-hydrogen) atoms. The smallest absolute Gasteiger partial charge is 0.411 e. The van der Waals surface area contributed by atoms with Gasteiger partial charge in [0.15, 0.2) is 0 Å². The Morgan fingerprint density at radius 1 is 1.19 bits per heavy atom. The molecule has 5 heteroatoms. The van der Waals surface area contributed by atoms with Gasteiger partial charge in [0.25, 0.3) is 0 Å². The van der Waals surface area contributed by atoms with Gasteiger partial charge in [-0.05, 0) is 43.5 Å². The minimum Gasteiger partial charge on any atom is -0.497 e. The van der Waals surface area contributed by atoms with Crippen molar-refractivity contribution in [3.05, 3.63) is 24.3 Å². The number of hydrogen-bond acceptors (Lipinski definition) is 3. The summed E-state index contributed by atoms with van der Waals surface area (Å²) in [7, 11) is 1.61. The van der Waals surface area contributed by atoms with E-state index in [0.29, 0.717) is 12.3 Å². The second kappa shape index (κ2) is 8.52. The third-order valence-corrected chi connectivity index (χ3v) is 3.80. The van der Waals surface area contributed by atoms with E-state index in [-0.39, 0.29) is 0 Å². The summed E-state index contributed by atoms with van der Waals surface area (Å²) in [5.74, 6) is 0.762. The normalized spacial score (nSPS) is 15.5. The van der Waals surface area contributed by atoms with E-state index in [9.17, 15) is 4.79 Å². The molecule has 0 atom stereocenters. The molecule has 0 bridgehead atoms. The van der Waals surface area contributed by atoms with Crippen molar-refractivity contribution in [1.82, 2.24) is 0 Å². The molecule has 2 N–H and O–H groups in total. The van der Waals surface area contributed by atoms with Gasteiger partial charge in [-0.3, -0.25) is 5.32 Å². The molecule has 0 aromatic heterocycles. The predicted octanol–water partition coefficient (Wildman–Crippen LogP) is 1.70. The van der Waals surface area contributed by atoms with Crippen molar-refractivity contribution in [2.24, 2.45) is 0 Å². The fourth-order valence-electron chi connectivity index (χ4n) is 2.62. The summed E-state index contributed by atoms with van der Waals surface area (Å²) in [5.41, 5.74) is 0.711. The molecule has 1 aliphatic rings. The fourth-order valence-corrected chi connectivity index (χ4v) is 2.62. The van der Waals surface area contributed by atoms with Crippen molar-refractivity contribution in [3.8, 4) is 5.75 Å². The highest BCUT2D eigenvalue weighted by Crippen LogP contribution is 2.14. The zero-order valence-electron chi connectivity index (χ0n) is 12.7. The first-order valence-corrected chi connectivity index (χ1v) is 7.69. The third kappa shape index (κ3) is 5.63. The topological polar surface area (TPSA) is 52.0 Å². The van der Waals surface area contributed by atoms with Crippen LogP contribution in [0.25, 0.3) is 0 Å². The Balaban J connectivity index is 1.60. The number of quaternary nitrogens is 1. The zero-order valence-corrected chi connectivity index (χ0v) is 12.7. The molecule has 116 valence electrons. The number of amides is 1. The van der Waals surface area contributed by atoms with Crippen LogP contribution in [-0.2, 0) is 4.74 Å². The van der Waals surface area contributed by atoms with E-state index in [4.69, 9.17) is 9.47 Å². The molecule has 1 saturated heterocycles. The van der Waals surface area contributed by atoms with Crippen molar-refractivity contribution in [1.29, 1.82) is 0 Å². The number of likely N-dealkylation sites (tertiary alicyclic amines) is 1. The molecule has 5 nitrogen and oxygen atoms in total. The second-order valence-corrected chi connectivity index (χ2v) is 5.40. The molecule has 0 unspecified atom stereocenters. The van der Waals surface area contributed by atoms with Gasteiger partial charge in [0, 0.05) is 12.1 Å². The van der Waals surface area contributed by atoms with Gasteiger partial charge < -0.3 is 14.4 Å². The first-order valence-electron chi connectivity index (χ1n) is 7.69. The van der Waals surface area contributed by atoms with Gasteiger partial charge in [0.2, 0.25) is 0 Å². The van der Waals surface area contributed by atoms with E-state index in [1.165, 1.54) is 32.4 Å². The van der Waals surface area contributed by atoms with Gasteiger partial charge in [-0.1, -0.05) is 0 Å². The quantitative estimate of drug-likeness (QED) is 0.785. The predicted molar refractivity (Wildman–Crippen MR) is 82.0 cm³/mol. The number of methoxy groups -OCH3 is 1. The molecule has 0 spiro atoms. The van der Waals surface area contributed by atoms with Crippen LogP contribution in [-0.4, -0.2) is 39.4 Å². The van der Waals surface area contributed by atoms with E-state index in [0.717, 1.165) is 18.7 Å². The Kier molecular flexibility index (Phi) is 6.34. The zero-order chi connectivity index (χ0) is 14.9. The number of nitrogens with one attached hydrogen (secondary N) is 2. The minimum absolute atomic E-state index is 0.395. The van der Waals surface area contributed by atoms with Gasteiger partial charge in [0.1, 0.15) is 5.75 Å². The van der Waals surface area contributed by atoms with E-state index in [1.807, 2.05) is 0 Å². The van der Waals surface area contributed by atoms with Crippen LogP contribution in [0.3, 0.4) is 0 Å². The largest absolute Gasteiger partial charge is 0.497 e. The van der Waals surface area contributed by atoms with Crippen molar-refractivity contribution >= 4 is 11.8 Å². The Bertz CT molecular complexity index is 428. The molecule has 1 fully saturated rings. The summed E-state index contributed by atoms with van der Waals surface area (Å²) in [6, 6.07) is 7.18. The van der Waals surface area contributed by atoms with E-state index in [2.05, 4.69) is 5.32 Å². The lowest BCUT2D eigenvalue weighted by molar-refractivity contribution is -0.905. The number of hydrogen-bond donors (Lipinski definition) is 2. The summed E-state index contributed by atoms with van der Waals surface area (Å²) in [6.45, 7) is 4.09.